The van der Waals surface area contributed by atoms with Gasteiger partial charge in [-0.3, -0.25) is 4.79 Å². The SMILES string of the molecule is CC(CO)c1ncc(S(N)=O)s1.NC(=O)Nc1c2c(cc3c1C(=O)CC3)CCC2. The number of fused-ring (bicyclic) bond motifs is 2. The Hall–Kier alpha value is -2.14. The summed E-state index contributed by atoms with van der Waals surface area (Å²) in [5.41, 5.74) is 10.0. The Labute approximate surface area is 175 Å². The van der Waals surface area contributed by atoms with Gasteiger partial charge in [-0.25, -0.2) is 19.1 Å². The maximum atomic E-state index is 11.9. The van der Waals surface area contributed by atoms with Crippen LogP contribution in [0.1, 0.15) is 57.7 Å². The summed E-state index contributed by atoms with van der Waals surface area (Å²) in [6.07, 6.45) is 5.86. The molecule has 10 heteroatoms. The average Bonchev–Trinajstić information content (AvgIpc) is 3.41. The van der Waals surface area contributed by atoms with Crippen LogP contribution in [-0.4, -0.2) is 32.7 Å². The van der Waals surface area contributed by atoms with E-state index in [1.807, 2.05) is 6.92 Å². The topological polar surface area (TPSA) is 148 Å². The van der Waals surface area contributed by atoms with Gasteiger partial charge in [-0.1, -0.05) is 13.0 Å². The van der Waals surface area contributed by atoms with Gasteiger partial charge in [0.05, 0.1) is 23.5 Å². The summed E-state index contributed by atoms with van der Waals surface area (Å²) in [7, 11) is -1.45. The quantitative estimate of drug-likeness (QED) is 0.578. The molecular formula is C19H24N4O4S2. The summed E-state index contributed by atoms with van der Waals surface area (Å²) in [5.74, 6) is 0.116. The number of aryl methyl sites for hydroxylation is 2. The number of aliphatic hydroxyl groups excluding tert-OH is 1. The highest BCUT2D eigenvalue weighted by molar-refractivity contribution is 7.85. The number of thiazole rings is 1. The van der Waals surface area contributed by atoms with Gasteiger partial charge in [-0.05, 0) is 42.4 Å². The number of carbonyl (C=O) groups excluding carboxylic acids is 2. The number of Topliss-reactive ketones (excluding diaryl/α,β-unsaturated/α-hetero) is 1. The first-order valence-corrected chi connectivity index (χ1v) is 11.3. The van der Waals surface area contributed by atoms with Crippen LogP contribution >= 0.6 is 11.3 Å². The fraction of sp³-hybridized carbons (Fsp3) is 0.421. The van der Waals surface area contributed by atoms with E-state index < -0.39 is 17.0 Å². The minimum Gasteiger partial charge on any atom is -0.396 e. The van der Waals surface area contributed by atoms with Gasteiger partial charge in [0.1, 0.15) is 15.2 Å². The van der Waals surface area contributed by atoms with Gasteiger partial charge in [0.2, 0.25) is 0 Å². The number of amides is 2. The Balaban J connectivity index is 0.000000177. The Morgan fingerprint density at radius 3 is 2.72 bits per heavy atom. The second-order valence-electron chi connectivity index (χ2n) is 7.09. The Morgan fingerprint density at radius 1 is 1.34 bits per heavy atom. The van der Waals surface area contributed by atoms with Crippen LogP contribution in [0.5, 0.6) is 0 Å². The van der Waals surface area contributed by atoms with Gasteiger partial charge in [-0.15, -0.1) is 11.3 Å². The van der Waals surface area contributed by atoms with E-state index in [9.17, 15) is 13.8 Å². The number of aliphatic hydroxyl groups is 1. The van der Waals surface area contributed by atoms with Crippen molar-refractivity contribution in [3.8, 4) is 0 Å². The third-order valence-corrected chi connectivity index (χ3v) is 7.29. The van der Waals surface area contributed by atoms with E-state index >= 15 is 0 Å². The average molecular weight is 437 g/mol. The maximum Gasteiger partial charge on any atom is 0.316 e. The second kappa shape index (κ2) is 9.12. The lowest BCUT2D eigenvalue weighted by Gasteiger charge is -2.13. The van der Waals surface area contributed by atoms with E-state index in [2.05, 4.69) is 16.4 Å². The van der Waals surface area contributed by atoms with Crippen molar-refractivity contribution in [2.24, 2.45) is 10.9 Å². The van der Waals surface area contributed by atoms with Crippen molar-refractivity contribution in [1.29, 1.82) is 0 Å². The van der Waals surface area contributed by atoms with E-state index in [1.165, 1.54) is 23.1 Å². The molecule has 2 amide bonds. The lowest BCUT2D eigenvalue weighted by atomic mass is 9.98. The van der Waals surface area contributed by atoms with Crippen LogP contribution in [0.3, 0.4) is 0 Å². The molecule has 0 saturated carbocycles. The van der Waals surface area contributed by atoms with E-state index in [0.29, 0.717) is 21.9 Å². The summed E-state index contributed by atoms with van der Waals surface area (Å²) in [5, 5.41) is 17.4. The zero-order chi connectivity index (χ0) is 21.1. The lowest BCUT2D eigenvalue weighted by molar-refractivity contribution is 0.0995. The molecule has 2 unspecified atom stereocenters. The molecular weight excluding hydrogens is 412 g/mol. The molecule has 2 aromatic rings. The molecule has 0 radical (unpaired) electrons. The minimum atomic E-state index is -1.45. The molecule has 0 aliphatic heterocycles. The van der Waals surface area contributed by atoms with Crippen LogP contribution < -0.4 is 16.2 Å². The van der Waals surface area contributed by atoms with Gasteiger partial charge < -0.3 is 16.2 Å². The first kappa shape index (κ1) is 21.6. The number of nitrogens with one attached hydrogen (secondary N) is 1. The number of rotatable bonds is 4. The summed E-state index contributed by atoms with van der Waals surface area (Å²) >= 11 is 1.28. The number of ketones is 1. The number of hydrogen-bond acceptors (Lipinski definition) is 6. The molecule has 0 spiro atoms. The fourth-order valence-corrected chi connectivity index (χ4v) is 5.06. The molecule has 0 fully saturated rings. The van der Waals surface area contributed by atoms with E-state index in [0.717, 1.165) is 41.8 Å². The van der Waals surface area contributed by atoms with E-state index in [1.54, 1.807) is 0 Å². The Bertz CT molecular complexity index is 973. The molecule has 0 bridgehead atoms. The van der Waals surface area contributed by atoms with Crippen LogP contribution in [0, 0.1) is 0 Å². The first-order chi connectivity index (χ1) is 13.8. The molecule has 1 aromatic heterocycles. The first-order valence-electron chi connectivity index (χ1n) is 9.31. The van der Waals surface area contributed by atoms with Crippen LogP contribution in [0.2, 0.25) is 0 Å². The number of benzene rings is 1. The van der Waals surface area contributed by atoms with Crippen molar-refractivity contribution in [3.05, 3.63) is 39.5 Å². The molecule has 1 heterocycles. The number of urea groups is 1. The molecule has 2 aliphatic carbocycles. The number of nitrogens with two attached hydrogens (primary N) is 2. The number of carbonyl (C=O) groups is 2. The molecule has 0 saturated heterocycles. The summed E-state index contributed by atoms with van der Waals surface area (Å²) < 4.78 is 11.3. The largest absolute Gasteiger partial charge is 0.396 e. The molecule has 8 nitrogen and oxygen atoms in total. The highest BCUT2D eigenvalue weighted by Crippen LogP contribution is 2.38. The maximum absolute atomic E-state index is 11.9. The Morgan fingerprint density at radius 2 is 2.10 bits per heavy atom. The van der Waals surface area contributed by atoms with E-state index in [-0.39, 0.29) is 18.3 Å². The van der Waals surface area contributed by atoms with Crippen molar-refractivity contribution in [3.63, 3.8) is 0 Å². The third-order valence-electron chi connectivity index (χ3n) is 5.03. The number of hydrogen-bond donors (Lipinski definition) is 4. The highest BCUT2D eigenvalue weighted by Gasteiger charge is 2.29. The zero-order valence-corrected chi connectivity index (χ0v) is 17.7. The molecule has 156 valence electrons. The van der Waals surface area contributed by atoms with Crippen LogP contribution in [0.15, 0.2) is 16.5 Å². The second-order valence-corrected chi connectivity index (χ2v) is 9.44. The zero-order valence-electron chi connectivity index (χ0n) is 16.1. The minimum absolute atomic E-state index is 0.00713. The van der Waals surface area contributed by atoms with Gasteiger partial charge >= 0.3 is 6.03 Å². The predicted octanol–water partition coefficient (Wildman–Crippen LogP) is 2.02. The predicted molar refractivity (Wildman–Crippen MR) is 113 cm³/mol. The number of nitrogens with zero attached hydrogens (tertiary/aromatic N) is 1. The number of anilines is 1. The standard InChI is InChI=1S/C13H14N2O2.C6H10N2O2S2/c14-13(17)15-12-9-3-1-2-7(9)6-8-4-5-10(16)11(8)12;1-4(3-9)6-8-2-5(11-6)12(7)10/h6H,1-5H2,(H3,14,15,17);2,4,9H,3,7H2,1H3. The third kappa shape index (κ3) is 4.72. The molecule has 1 aromatic carbocycles. The number of primary amides is 1. The summed E-state index contributed by atoms with van der Waals surface area (Å²) in [4.78, 5) is 26.9. The van der Waals surface area contributed by atoms with Crippen molar-refractivity contribution < 1.29 is 18.9 Å². The van der Waals surface area contributed by atoms with Crippen molar-refractivity contribution in [1.82, 2.24) is 4.98 Å². The van der Waals surface area contributed by atoms with Gasteiger partial charge in [0, 0.05) is 17.9 Å². The van der Waals surface area contributed by atoms with Gasteiger partial charge in [-0.2, -0.15) is 0 Å². The monoisotopic (exact) mass is 436 g/mol. The van der Waals surface area contributed by atoms with Gasteiger partial charge in [0.15, 0.2) is 5.78 Å². The molecule has 29 heavy (non-hydrogen) atoms. The molecule has 2 atom stereocenters. The highest BCUT2D eigenvalue weighted by atomic mass is 32.2. The number of aromatic nitrogens is 1. The van der Waals surface area contributed by atoms with Crippen LogP contribution in [0.4, 0.5) is 10.5 Å². The van der Waals surface area contributed by atoms with Crippen molar-refractivity contribution in [2.75, 3.05) is 11.9 Å². The van der Waals surface area contributed by atoms with Gasteiger partial charge in [0.25, 0.3) is 0 Å². The summed E-state index contributed by atoms with van der Waals surface area (Å²) in [6, 6.07) is 1.54. The van der Waals surface area contributed by atoms with Crippen molar-refractivity contribution >= 4 is 39.8 Å². The Kier molecular flexibility index (Phi) is 6.78. The lowest BCUT2D eigenvalue weighted by Crippen LogP contribution is -2.22. The van der Waals surface area contributed by atoms with Crippen molar-refractivity contribution in [2.45, 2.75) is 49.2 Å². The molecule has 2 aliphatic rings. The van der Waals surface area contributed by atoms with Crippen LogP contribution in [0.25, 0.3) is 0 Å². The fourth-order valence-electron chi connectivity index (χ4n) is 3.63. The van der Waals surface area contributed by atoms with E-state index in [4.69, 9.17) is 16.0 Å². The van der Waals surface area contributed by atoms with Crippen LogP contribution in [-0.2, 0) is 30.2 Å². The normalized spacial score (nSPS) is 16.4. The smallest absolute Gasteiger partial charge is 0.316 e. The molecule has 4 rings (SSSR count). The summed E-state index contributed by atoms with van der Waals surface area (Å²) in [6.45, 7) is 1.90. The molecule has 6 N–H and O–H groups in total.